The number of carbonyl (C=O) groups is 1. The maximum atomic E-state index is 12.3. The van der Waals surface area contributed by atoms with E-state index in [1.165, 1.54) is 25.6 Å². The smallest absolute Gasteiger partial charge is 0.315 e. The summed E-state index contributed by atoms with van der Waals surface area (Å²) in [6.07, 6.45) is 8.72. The average Bonchev–Trinajstić information content (AvgIpc) is 3.09. The van der Waals surface area contributed by atoms with E-state index in [0.717, 1.165) is 25.9 Å². The number of carbonyl (C=O) groups excluding carboxylic acids is 1. The summed E-state index contributed by atoms with van der Waals surface area (Å²) in [5.74, 6) is 0.660. The van der Waals surface area contributed by atoms with E-state index < -0.39 is 0 Å². The van der Waals surface area contributed by atoms with Crippen molar-refractivity contribution in [1.29, 1.82) is 0 Å². The van der Waals surface area contributed by atoms with Gasteiger partial charge in [0, 0.05) is 18.1 Å². The van der Waals surface area contributed by atoms with Gasteiger partial charge in [0.05, 0.1) is 12.1 Å². The first-order chi connectivity index (χ1) is 11.2. The van der Waals surface area contributed by atoms with Gasteiger partial charge in [0.1, 0.15) is 12.2 Å². The Kier molecular flexibility index (Phi) is 4.84. The molecule has 2 fully saturated rings. The number of amides is 2. The van der Waals surface area contributed by atoms with Crippen LogP contribution < -0.4 is 10.6 Å². The Morgan fingerprint density at radius 3 is 2.91 bits per heavy atom. The van der Waals surface area contributed by atoms with E-state index in [0.29, 0.717) is 11.9 Å². The predicted octanol–water partition coefficient (Wildman–Crippen LogP) is 2.29. The van der Waals surface area contributed by atoms with E-state index in [9.17, 15) is 4.79 Å². The Morgan fingerprint density at radius 1 is 1.48 bits per heavy atom. The maximum absolute atomic E-state index is 12.3. The SMILES string of the molecule is CCO[C@@H]1C[C@@H](NC(=O)N[C@H](C)c2ncn[nH]2)C12CCCCC2. The van der Waals surface area contributed by atoms with Crippen LogP contribution in [-0.4, -0.2) is 40.0 Å². The molecule has 23 heavy (non-hydrogen) atoms. The van der Waals surface area contributed by atoms with Crippen LogP contribution in [0.4, 0.5) is 4.79 Å². The lowest BCUT2D eigenvalue weighted by atomic mass is 9.55. The molecule has 3 N–H and O–H groups in total. The Hall–Kier alpha value is -1.63. The van der Waals surface area contributed by atoms with Crippen LogP contribution in [0.15, 0.2) is 6.33 Å². The molecule has 0 bridgehead atoms. The second kappa shape index (κ2) is 6.86. The fraction of sp³-hybridized carbons (Fsp3) is 0.812. The minimum atomic E-state index is -0.192. The highest BCUT2D eigenvalue weighted by Gasteiger charge is 2.56. The normalized spacial score (nSPS) is 27.2. The zero-order valence-corrected chi connectivity index (χ0v) is 14.0. The van der Waals surface area contributed by atoms with Crippen molar-refractivity contribution in [2.75, 3.05) is 6.61 Å². The number of H-pyrrole nitrogens is 1. The highest BCUT2D eigenvalue weighted by molar-refractivity contribution is 5.75. The molecule has 1 aromatic rings. The third kappa shape index (κ3) is 3.20. The minimum absolute atomic E-state index is 0.140. The molecule has 2 amide bonds. The molecule has 1 aromatic heterocycles. The first kappa shape index (κ1) is 16.2. The van der Waals surface area contributed by atoms with Gasteiger partial charge >= 0.3 is 6.03 Å². The maximum Gasteiger partial charge on any atom is 0.315 e. The third-order valence-corrected chi connectivity index (χ3v) is 5.43. The lowest BCUT2D eigenvalue weighted by Crippen LogP contribution is -2.66. The average molecular weight is 321 g/mol. The Bertz CT molecular complexity index is 513. The van der Waals surface area contributed by atoms with E-state index >= 15 is 0 Å². The molecule has 2 saturated carbocycles. The molecular weight excluding hydrogens is 294 g/mol. The number of urea groups is 1. The summed E-state index contributed by atoms with van der Waals surface area (Å²) in [4.78, 5) is 16.4. The molecule has 2 aliphatic carbocycles. The van der Waals surface area contributed by atoms with Gasteiger partial charge in [-0.05, 0) is 33.1 Å². The highest BCUT2D eigenvalue weighted by Crippen LogP contribution is 2.53. The van der Waals surface area contributed by atoms with Gasteiger partial charge < -0.3 is 15.4 Å². The largest absolute Gasteiger partial charge is 0.378 e. The second-order valence-electron chi connectivity index (χ2n) is 6.74. The molecule has 0 aliphatic heterocycles. The Morgan fingerprint density at radius 2 is 2.26 bits per heavy atom. The van der Waals surface area contributed by atoms with Crippen molar-refractivity contribution in [2.45, 2.75) is 70.6 Å². The zero-order chi connectivity index (χ0) is 16.3. The lowest BCUT2D eigenvalue weighted by Gasteiger charge is -2.57. The Balaban J connectivity index is 1.57. The van der Waals surface area contributed by atoms with E-state index in [1.807, 2.05) is 13.8 Å². The van der Waals surface area contributed by atoms with Crippen molar-refractivity contribution < 1.29 is 9.53 Å². The van der Waals surface area contributed by atoms with Crippen LogP contribution in [0, 0.1) is 5.41 Å². The van der Waals surface area contributed by atoms with Crippen molar-refractivity contribution >= 4 is 6.03 Å². The summed E-state index contributed by atoms with van der Waals surface area (Å²) in [7, 11) is 0. The summed E-state index contributed by atoms with van der Waals surface area (Å²) in [5.41, 5.74) is 0.140. The third-order valence-electron chi connectivity index (χ3n) is 5.43. The Labute approximate surface area is 137 Å². The van der Waals surface area contributed by atoms with Gasteiger partial charge in [0.15, 0.2) is 0 Å². The molecule has 7 heteroatoms. The molecule has 0 radical (unpaired) electrons. The first-order valence-electron chi connectivity index (χ1n) is 8.69. The van der Waals surface area contributed by atoms with Crippen LogP contribution in [0.5, 0.6) is 0 Å². The molecule has 3 atom stereocenters. The van der Waals surface area contributed by atoms with Crippen LogP contribution in [0.2, 0.25) is 0 Å². The molecule has 0 saturated heterocycles. The van der Waals surface area contributed by atoms with Crippen LogP contribution in [0.1, 0.15) is 64.2 Å². The fourth-order valence-corrected chi connectivity index (χ4v) is 4.15. The van der Waals surface area contributed by atoms with Gasteiger partial charge in [-0.3, -0.25) is 5.10 Å². The first-order valence-corrected chi connectivity index (χ1v) is 8.69. The molecule has 2 aliphatic rings. The number of nitrogens with one attached hydrogen (secondary N) is 3. The van der Waals surface area contributed by atoms with Gasteiger partial charge in [-0.2, -0.15) is 5.10 Å². The molecule has 128 valence electrons. The fourth-order valence-electron chi connectivity index (χ4n) is 4.15. The molecule has 0 aromatic carbocycles. The van der Waals surface area contributed by atoms with Crippen molar-refractivity contribution in [3.05, 3.63) is 12.2 Å². The van der Waals surface area contributed by atoms with Crippen molar-refractivity contribution in [2.24, 2.45) is 5.41 Å². The van der Waals surface area contributed by atoms with E-state index in [-0.39, 0.29) is 23.5 Å². The zero-order valence-electron chi connectivity index (χ0n) is 14.0. The van der Waals surface area contributed by atoms with Gasteiger partial charge in [-0.15, -0.1) is 0 Å². The predicted molar refractivity (Wildman–Crippen MR) is 85.8 cm³/mol. The van der Waals surface area contributed by atoms with Gasteiger partial charge in [0.2, 0.25) is 0 Å². The van der Waals surface area contributed by atoms with Gasteiger partial charge in [0.25, 0.3) is 0 Å². The topological polar surface area (TPSA) is 91.9 Å². The molecule has 7 nitrogen and oxygen atoms in total. The van der Waals surface area contributed by atoms with Gasteiger partial charge in [-0.25, -0.2) is 9.78 Å². The number of hydrogen-bond acceptors (Lipinski definition) is 4. The number of aromatic amines is 1. The van der Waals surface area contributed by atoms with Crippen molar-refractivity contribution in [3.8, 4) is 0 Å². The molecule has 1 spiro atoms. The molecule has 3 rings (SSSR count). The van der Waals surface area contributed by atoms with Crippen LogP contribution in [0.3, 0.4) is 0 Å². The summed E-state index contributed by atoms with van der Waals surface area (Å²) < 4.78 is 5.93. The monoisotopic (exact) mass is 321 g/mol. The van der Waals surface area contributed by atoms with Crippen LogP contribution in [-0.2, 0) is 4.74 Å². The van der Waals surface area contributed by atoms with Gasteiger partial charge in [-0.1, -0.05) is 19.3 Å². The number of ether oxygens (including phenoxy) is 1. The summed E-state index contributed by atoms with van der Waals surface area (Å²) in [6.45, 7) is 4.68. The van der Waals surface area contributed by atoms with Crippen LogP contribution in [0.25, 0.3) is 0 Å². The summed E-state index contributed by atoms with van der Waals surface area (Å²) in [6, 6.07) is -0.123. The number of hydrogen-bond donors (Lipinski definition) is 3. The molecule has 1 heterocycles. The van der Waals surface area contributed by atoms with E-state index in [4.69, 9.17) is 4.74 Å². The number of aromatic nitrogens is 3. The number of nitrogens with zero attached hydrogens (tertiary/aromatic N) is 2. The van der Waals surface area contributed by atoms with Crippen molar-refractivity contribution in [3.63, 3.8) is 0 Å². The minimum Gasteiger partial charge on any atom is -0.378 e. The van der Waals surface area contributed by atoms with E-state index in [1.54, 1.807) is 0 Å². The van der Waals surface area contributed by atoms with Crippen LogP contribution >= 0.6 is 0 Å². The number of rotatable bonds is 5. The summed E-state index contributed by atoms with van der Waals surface area (Å²) in [5, 5.41) is 12.7. The van der Waals surface area contributed by atoms with E-state index in [2.05, 4.69) is 25.8 Å². The molecule has 0 unspecified atom stereocenters. The standard InChI is InChI=1S/C16H27N5O2/c1-3-23-13-9-12(16(13)7-5-4-6-8-16)20-15(22)19-11(2)14-17-10-18-21-14/h10-13H,3-9H2,1-2H3,(H,17,18,21)(H2,19,20,22)/t11-,12-,13-/m1/s1. The van der Waals surface area contributed by atoms with Crippen molar-refractivity contribution in [1.82, 2.24) is 25.8 Å². The highest BCUT2D eigenvalue weighted by atomic mass is 16.5. The molecular formula is C16H27N5O2. The quantitative estimate of drug-likeness (QED) is 0.776. The summed E-state index contributed by atoms with van der Waals surface area (Å²) >= 11 is 0. The second-order valence-corrected chi connectivity index (χ2v) is 6.74. The lowest BCUT2D eigenvalue weighted by molar-refractivity contribution is -0.146.